The molecule has 9 heteroatoms. The number of ether oxygens (including phenoxy) is 1. The van der Waals surface area contributed by atoms with Crippen molar-refractivity contribution in [1.82, 2.24) is 0 Å². The quantitative estimate of drug-likeness (QED) is 0.212. The molecule has 0 bridgehead atoms. The van der Waals surface area contributed by atoms with Gasteiger partial charge in [-0.25, -0.2) is 8.42 Å². The molecule has 2 aromatic rings. The standard InChI is InChI=1S/C22H30O7S2/c1-2-3-4-5-6-7-8-9-18-28-31(26,27)22-16-12-20(13-17-22)29-19-10-14-21(15-11-19)30(23,24)25/h10-17H,2-9,18H2,1H3,(H,23,24,25)/p-1. The van der Waals surface area contributed by atoms with E-state index in [1.54, 1.807) is 0 Å². The third kappa shape index (κ3) is 8.98. The van der Waals surface area contributed by atoms with Gasteiger partial charge < -0.3 is 9.29 Å². The van der Waals surface area contributed by atoms with Crippen molar-refractivity contribution in [1.29, 1.82) is 0 Å². The highest BCUT2D eigenvalue weighted by atomic mass is 32.2. The minimum absolute atomic E-state index is 0.0345. The Morgan fingerprint density at radius 3 is 1.61 bits per heavy atom. The predicted molar refractivity (Wildman–Crippen MR) is 117 cm³/mol. The zero-order valence-electron chi connectivity index (χ0n) is 17.7. The third-order valence-corrected chi connectivity index (χ3v) is 6.87. The van der Waals surface area contributed by atoms with Crippen molar-refractivity contribution in [2.24, 2.45) is 0 Å². The number of hydrogen-bond donors (Lipinski definition) is 0. The van der Waals surface area contributed by atoms with Crippen LogP contribution in [0.1, 0.15) is 58.3 Å². The Hall–Kier alpha value is -1.94. The first kappa shape index (κ1) is 25.3. The molecule has 2 rings (SSSR count). The molecule has 0 radical (unpaired) electrons. The fourth-order valence-electron chi connectivity index (χ4n) is 2.96. The predicted octanol–water partition coefficient (Wildman–Crippen LogP) is 5.23. The van der Waals surface area contributed by atoms with Crippen LogP contribution in [-0.2, 0) is 24.4 Å². The molecule has 7 nitrogen and oxygen atoms in total. The highest BCUT2D eigenvalue weighted by molar-refractivity contribution is 7.86. The van der Waals surface area contributed by atoms with Crippen molar-refractivity contribution < 1.29 is 30.3 Å². The topological polar surface area (TPSA) is 110 Å². The SMILES string of the molecule is CCCCCCCCCCOS(=O)(=O)c1ccc(Oc2ccc(S(=O)(=O)[O-])cc2)cc1. The van der Waals surface area contributed by atoms with Crippen molar-refractivity contribution in [2.75, 3.05) is 6.61 Å². The van der Waals surface area contributed by atoms with Crippen LogP contribution in [-0.4, -0.2) is 28.0 Å². The molecule has 0 saturated carbocycles. The molecule has 172 valence electrons. The van der Waals surface area contributed by atoms with Crippen LogP contribution < -0.4 is 4.74 Å². The van der Waals surface area contributed by atoms with E-state index in [9.17, 15) is 21.4 Å². The molecule has 0 heterocycles. The lowest BCUT2D eigenvalue weighted by molar-refractivity contribution is 0.306. The highest BCUT2D eigenvalue weighted by Crippen LogP contribution is 2.25. The van der Waals surface area contributed by atoms with Crippen LogP contribution in [0.15, 0.2) is 58.3 Å². The Labute approximate surface area is 185 Å². The minimum Gasteiger partial charge on any atom is -0.744 e. The average molecular weight is 470 g/mol. The average Bonchev–Trinajstić information content (AvgIpc) is 2.73. The van der Waals surface area contributed by atoms with Crippen molar-refractivity contribution in [3.05, 3.63) is 48.5 Å². The first-order chi connectivity index (χ1) is 14.7. The van der Waals surface area contributed by atoms with Gasteiger partial charge in [0.25, 0.3) is 10.1 Å². The van der Waals surface area contributed by atoms with Crippen LogP contribution in [0.4, 0.5) is 0 Å². The summed E-state index contributed by atoms with van der Waals surface area (Å²) < 4.78 is 68.1. The Morgan fingerprint density at radius 2 is 1.13 bits per heavy atom. The van der Waals surface area contributed by atoms with E-state index in [2.05, 4.69) is 6.92 Å². The van der Waals surface area contributed by atoms with Crippen LogP contribution in [0, 0.1) is 0 Å². The normalized spacial score (nSPS) is 12.1. The van der Waals surface area contributed by atoms with Gasteiger partial charge >= 0.3 is 0 Å². The highest BCUT2D eigenvalue weighted by Gasteiger charge is 2.15. The first-order valence-electron chi connectivity index (χ1n) is 10.5. The number of benzene rings is 2. The van der Waals surface area contributed by atoms with Crippen molar-refractivity contribution >= 4 is 20.2 Å². The van der Waals surface area contributed by atoms with Gasteiger partial charge in [0.2, 0.25) is 0 Å². The second-order valence-electron chi connectivity index (χ2n) is 7.25. The van der Waals surface area contributed by atoms with Gasteiger partial charge in [0.15, 0.2) is 0 Å². The van der Waals surface area contributed by atoms with Crippen LogP contribution in [0.2, 0.25) is 0 Å². The van der Waals surface area contributed by atoms with Gasteiger partial charge in [0, 0.05) is 0 Å². The van der Waals surface area contributed by atoms with Crippen LogP contribution in [0.3, 0.4) is 0 Å². The van der Waals surface area contributed by atoms with Gasteiger partial charge in [0.1, 0.15) is 21.6 Å². The second-order valence-corrected chi connectivity index (χ2v) is 10.2. The van der Waals surface area contributed by atoms with E-state index in [1.807, 2.05) is 0 Å². The van der Waals surface area contributed by atoms with E-state index in [0.29, 0.717) is 17.9 Å². The summed E-state index contributed by atoms with van der Waals surface area (Å²) in [5.74, 6) is 0.675. The number of unbranched alkanes of at least 4 members (excludes halogenated alkanes) is 7. The Balaban J connectivity index is 1.79. The zero-order chi connectivity index (χ0) is 22.7. The van der Waals surface area contributed by atoms with Crippen molar-refractivity contribution in [2.45, 2.75) is 68.1 Å². The van der Waals surface area contributed by atoms with Crippen molar-refractivity contribution in [3.63, 3.8) is 0 Å². The molecule has 2 aromatic carbocycles. The first-order valence-corrected chi connectivity index (χ1v) is 13.3. The molecular formula is C22H29O7S2-. The molecule has 0 spiro atoms. The molecular weight excluding hydrogens is 440 g/mol. The monoisotopic (exact) mass is 469 g/mol. The van der Waals surface area contributed by atoms with Gasteiger partial charge in [-0.05, 0) is 55.0 Å². The van der Waals surface area contributed by atoms with E-state index < -0.39 is 20.2 Å². The van der Waals surface area contributed by atoms with E-state index in [-0.39, 0.29) is 16.4 Å². The summed E-state index contributed by atoms with van der Waals surface area (Å²) in [6.07, 6.45) is 8.87. The largest absolute Gasteiger partial charge is 0.744 e. The van der Waals surface area contributed by atoms with E-state index >= 15 is 0 Å². The number of rotatable bonds is 14. The van der Waals surface area contributed by atoms with E-state index in [0.717, 1.165) is 25.0 Å². The summed E-state index contributed by atoms with van der Waals surface area (Å²) in [5, 5.41) is 0. The summed E-state index contributed by atoms with van der Waals surface area (Å²) in [4.78, 5) is -0.317. The summed E-state index contributed by atoms with van der Waals surface area (Å²) in [5.41, 5.74) is 0. The Bertz CT molecular complexity index is 997. The van der Waals surface area contributed by atoms with Gasteiger partial charge in [-0.15, -0.1) is 0 Å². The molecule has 31 heavy (non-hydrogen) atoms. The maximum absolute atomic E-state index is 12.3. The molecule has 0 aromatic heterocycles. The molecule has 0 fully saturated rings. The number of hydrogen-bond acceptors (Lipinski definition) is 7. The smallest absolute Gasteiger partial charge is 0.296 e. The lowest BCUT2D eigenvalue weighted by Gasteiger charge is -2.10. The molecule has 0 aliphatic carbocycles. The molecule has 0 saturated heterocycles. The lowest BCUT2D eigenvalue weighted by atomic mass is 10.1. The maximum Gasteiger partial charge on any atom is 0.296 e. The third-order valence-electron chi connectivity index (χ3n) is 4.70. The van der Waals surface area contributed by atoms with Crippen LogP contribution >= 0.6 is 0 Å². The van der Waals surface area contributed by atoms with Gasteiger partial charge in [0.05, 0.1) is 16.4 Å². The molecule has 0 aliphatic rings. The summed E-state index contributed by atoms with van der Waals surface area (Å²) in [7, 11) is -8.35. The summed E-state index contributed by atoms with van der Waals surface area (Å²) in [6, 6.07) is 10.7. The fourth-order valence-corrected chi connectivity index (χ4v) is 4.37. The van der Waals surface area contributed by atoms with E-state index in [4.69, 9.17) is 8.92 Å². The minimum atomic E-state index is -4.52. The van der Waals surface area contributed by atoms with Gasteiger partial charge in [-0.3, -0.25) is 4.18 Å². The van der Waals surface area contributed by atoms with Crippen molar-refractivity contribution in [3.8, 4) is 11.5 Å². The maximum atomic E-state index is 12.3. The second kappa shape index (κ2) is 12.2. The molecule has 0 aliphatic heterocycles. The van der Waals surface area contributed by atoms with Gasteiger partial charge in [-0.1, -0.05) is 51.9 Å². The molecule has 0 N–H and O–H groups in total. The molecule has 0 unspecified atom stereocenters. The van der Waals surface area contributed by atoms with Crippen LogP contribution in [0.5, 0.6) is 11.5 Å². The molecule has 0 amide bonds. The zero-order valence-corrected chi connectivity index (χ0v) is 19.3. The van der Waals surface area contributed by atoms with Crippen LogP contribution in [0.25, 0.3) is 0 Å². The van der Waals surface area contributed by atoms with E-state index in [1.165, 1.54) is 68.5 Å². The van der Waals surface area contributed by atoms with Gasteiger partial charge in [-0.2, -0.15) is 8.42 Å². The Kier molecular flexibility index (Phi) is 9.95. The summed E-state index contributed by atoms with van der Waals surface area (Å²) >= 11 is 0. The Morgan fingerprint density at radius 1 is 0.677 bits per heavy atom. The molecule has 0 atom stereocenters. The summed E-state index contributed by atoms with van der Waals surface area (Å²) in [6.45, 7) is 2.34. The fraction of sp³-hybridized carbons (Fsp3) is 0.455. The lowest BCUT2D eigenvalue weighted by Crippen LogP contribution is -2.07.